The first-order valence-electron chi connectivity index (χ1n) is 15.7. The summed E-state index contributed by atoms with van der Waals surface area (Å²) in [5.41, 5.74) is 0.973. The number of ether oxygens (including phenoxy) is 3. The molecule has 4 nitrogen and oxygen atoms in total. The molecule has 0 amide bonds. The number of carbonyl (C=O) groups excluding carboxylic acids is 1. The molecule has 0 saturated carbocycles. The van der Waals surface area contributed by atoms with Crippen molar-refractivity contribution in [1.82, 2.24) is 0 Å². The van der Waals surface area contributed by atoms with Crippen LogP contribution in [-0.2, 0) is 19.0 Å². The molecular weight excluding hydrogens is 448 g/mol. The molecule has 2 saturated heterocycles. The molecule has 4 heteroatoms. The van der Waals surface area contributed by atoms with Gasteiger partial charge in [0, 0.05) is 5.92 Å². The van der Waals surface area contributed by atoms with E-state index in [1.807, 2.05) is 6.26 Å². The molecule has 2 bridgehead atoms. The summed E-state index contributed by atoms with van der Waals surface area (Å²) < 4.78 is 18.0. The Morgan fingerprint density at radius 3 is 2.17 bits per heavy atom. The van der Waals surface area contributed by atoms with Gasteiger partial charge in [0.2, 0.25) is 0 Å². The van der Waals surface area contributed by atoms with Gasteiger partial charge in [0.25, 0.3) is 0 Å². The standard InChI is InChI=1S/C16H30O2.C16H28O2/c1-3-5-7-9-14-10-12-16(11-8-6-4-2)13-17-15(14)18-16;1-3-5-7-9-15-10-12-16(14-17,18-13-15)11-8-6-4-2/h14-15H,3-13H2,1-2H3;13-14H,3-12H2,1-2H3. The van der Waals surface area contributed by atoms with Gasteiger partial charge in [-0.25, -0.2) is 0 Å². The maximum absolute atomic E-state index is 11.3. The molecule has 3 aliphatic rings. The molecule has 210 valence electrons. The van der Waals surface area contributed by atoms with Crippen LogP contribution in [0.4, 0.5) is 0 Å². The summed E-state index contributed by atoms with van der Waals surface area (Å²) in [6.45, 7) is 9.78. The molecule has 0 aromatic carbocycles. The van der Waals surface area contributed by atoms with E-state index in [-0.39, 0.29) is 11.9 Å². The zero-order valence-corrected chi connectivity index (χ0v) is 24.3. The van der Waals surface area contributed by atoms with Gasteiger partial charge in [-0.3, -0.25) is 4.79 Å². The molecule has 0 aromatic rings. The molecule has 0 radical (unpaired) electrons. The minimum Gasteiger partial charge on any atom is -0.487 e. The lowest BCUT2D eigenvalue weighted by Gasteiger charge is -2.35. The highest BCUT2D eigenvalue weighted by molar-refractivity contribution is 5.63. The van der Waals surface area contributed by atoms with Gasteiger partial charge in [-0.2, -0.15) is 0 Å². The van der Waals surface area contributed by atoms with E-state index in [0.29, 0.717) is 5.92 Å². The third kappa shape index (κ3) is 10.5. The summed E-state index contributed by atoms with van der Waals surface area (Å²) >= 11 is 0. The van der Waals surface area contributed by atoms with Crippen molar-refractivity contribution in [1.29, 1.82) is 0 Å². The molecule has 2 fully saturated rings. The maximum atomic E-state index is 11.3. The van der Waals surface area contributed by atoms with E-state index in [0.717, 1.165) is 45.0 Å². The molecule has 4 unspecified atom stereocenters. The highest BCUT2D eigenvalue weighted by atomic mass is 16.7. The van der Waals surface area contributed by atoms with Crippen molar-refractivity contribution in [2.45, 2.75) is 174 Å². The van der Waals surface area contributed by atoms with Crippen LogP contribution in [0.5, 0.6) is 0 Å². The molecule has 3 rings (SSSR count). The monoisotopic (exact) mass is 506 g/mol. The number of fused-ring (bicyclic) bond motifs is 2. The third-order valence-corrected chi connectivity index (χ3v) is 8.50. The second kappa shape index (κ2) is 17.6. The molecule has 0 aliphatic carbocycles. The van der Waals surface area contributed by atoms with Gasteiger partial charge in [-0.1, -0.05) is 91.9 Å². The first-order valence-corrected chi connectivity index (χ1v) is 15.7. The van der Waals surface area contributed by atoms with Crippen LogP contribution in [0.2, 0.25) is 0 Å². The van der Waals surface area contributed by atoms with E-state index in [1.54, 1.807) is 0 Å². The second-order valence-electron chi connectivity index (χ2n) is 11.7. The topological polar surface area (TPSA) is 44.8 Å². The fourth-order valence-electron chi connectivity index (χ4n) is 5.87. The van der Waals surface area contributed by atoms with Crippen LogP contribution in [0, 0.1) is 5.92 Å². The largest absolute Gasteiger partial charge is 0.487 e. The van der Waals surface area contributed by atoms with Crippen molar-refractivity contribution in [3.8, 4) is 0 Å². The summed E-state index contributed by atoms with van der Waals surface area (Å²) in [6, 6.07) is 0. The van der Waals surface area contributed by atoms with Crippen LogP contribution >= 0.6 is 0 Å². The van der Waals surface area contributed by atoms with E-state index in [2.05, 4.69) is 27.7 Å². The predicted octanol–water partition coefficient (Wildman–Crippen LogP) is 9.45. The number of carbonyl (C=O) groups is 1. The Labute approximate surface area is 223 Å². The van der Waals surface area contributed by atoms with Gasteiger partial charge in [-0.05, 0) is 69.8 Å². The summed E-state index contributed by atoms with van der Waals surface area (Å²) in [5.74, 6) is 0.665. The van der Waals surface area contributed by atoms with Crippen LogP contribution < -0.4 is 0 Å². The van der Waals surface area contributed by atoms with Crippen molar-refractivity contribution >= 4 is 6.29 Å². The average Bonchev–Trinajstić information content (AvgIpc) is 3.25. The Kier molecular flexibility index (Phi) is 15.3. The first kappa shape index (κ1) is 31.3. The van der Waals surface area contributed by atoms with Crippen LogP contribution in [0.25, 0.3) is 0 Å². The second-order valence-corrected chi connectivity index (χ2v) is 11.7. The minimum absolute atomic E-state index is 0.0983. The summed E-state index contributed by atoms with van der Waals surface area (Å²) in [4.78, 5) is 11.3. The first-order chi connectivity index (χ1) is 17.6. The lowest BCUT2D eigenvalue weighted by molar-refractivity contribution is -0.156. The van der Waals surface area contributed by atoms with Crippen molar-refractivity contribution in [3.05, 3.63) is 11.8 Å². The zero-order valence-electron chi connectivity index (χ0n) is 24.3. The molecule has 0 N–H and O–H groups in total. The molecule has 3 heterocycles. The number of allylic oxidation sites excluding steroid dienone is 1. The van der Waals surface area contributed by atoms with Gasteiger partial charge >= 0.3 is 0 Å². The Bertz CT molecular complexity index is 617. The number of aldehydes is 1. The summed E-state index contributed by atoms with van der Waals surface area (Å²) in [7, 11) is 0. The maximum Gasteiger partial charge on any atom is 0.163 e. The Balaban J connectivity index is 0.000000254. The highest BCUT2D eigenvalue weighted by Gasteiger charge is 2.47. The molecule has 0 spiro atoms. The van der Waals surface area contributed by atoms with Crippen LogP contribution in [-0.4, -0.2) is 30.4 Å². The molecular formula is C32H58O4. The SMILES string of the molecule is CCCCCC1=COC(C=O)(CCCCC)CC1.CCCCCC1CCC2(CCCCC)COC1O2. The van der Waals surface area contributed by atoms with Gasteiger partial charge in [0.1, 0.15) is 0 Å². The Morgan fingerprint density at radius 1 is 0.861 bits per heavy atom. The lowest BCUT2D eigenvalue weighted by atomic mass is 9.84. The summed E-state index contributed by atoms with van der Waals surface area (Å²) in [5, 5.41) is 0. The van der Waals surface area contributed by atoms with Crippen LogP contribution in [0.1, 0.15) is 156 Å². The number of unbranched alkanes of at least 4 members (excludes halogenated alkanes) is 8. The van der Waals surface area contributed by atoms with E-state index in [1.165, 1.54) is 102 Å². The van der Waals surface area contributed by atoms with Crippen molar-refractivity contribution < 1.29 is 19.0 Å². The molecule has 36 heavy (non-hydrogen) atoms. The molecule has 4 atom stereocenters. The fourth-order valence-corrected chi connectivity index (χ4v) is 5.87. The predicted molar refractivity (Wildman–Crippen MR) is 150 cm³/mol. The molecule has 0 aromatic heterocycles. The fraction of sp³-hybridized carbons (Fsp3) is 0.906. The Hall–Kier alpha value is -0.870. The van der Waals surface area contributed by atoms with Crippen molar-refractivity contribution in [2.75, 3.05) is 6.61 Å². The smallest absolute Gasteiger partial charge is 0.163 e. The minimum atomic E-state index is -0.510. The van der Waals surface area contributed by atoms with Gasteiger partial charge in [-0.15, -0.1) is 0 Å². The van der Waals surface area contributed by atoms with Crippen LogP contribution in [0.15, 0.2) is 11.8 Å². The lowest BCUT2D eigenvalue weighted by Crippen LogP contribution is -2.38. The van der Waals surface area contributed by atoms with Gasteiger partial charge in [0.05, 0.1) is 18.5 Å². The average molecular weight is 507 g/mol. The zero-order chi connectivity index (χ0) is 26.1. The van der Waals surface area contributed by atoms with E-state index in [4.69, 9.17) is 14.2 Å². The summed E-state index contributed by atoms with van der Waals surface area (Å²) in [6.07, 6.45) is 27.2. The molecule has 3 aliphatic heterocycles. The Morgan fingerprint density at radius 2 is 1.53 bits per heavy atom. The number of hydrogen-bond acceptors (Lipinski definition) is 4. The van der Waals surface area contributed by atoms with E-state index < -0.39 is 5.60 Å². The third-order valence-electron chi connectivity index (χ3n) is 8.50. The number of hydrogen-bond donors (Lipinski definition) is 0. The van der Waals surface area contributed by atoms with Crippen molar-refractivity contribution in [3.63, 3.8) is 0 Å². The van der Waals surface area contributed by atoms with Gasteiger partial charge < -0.3 is 14.2 Å². The quantitative estimate of drug-likeness (QED) is 0.145. The number of rotatable bonds is 17. The van der Waals surface area contributed by atoms with Crippen molar-refractivity contribution in [2.24, 2.45) is 5.92 Å². The van der Waals surface area contributed by atoms with E-state index >= 15 is 0 Å². The highest BCUT2D eigenvalue weighted by Crippen LogP contribution is 2.43. The van der Waals surface area contributed by atoms with E-state index in [9.17, 15) is 4.79 Å². The van der Waals surface area contributed by atoms with Crippen LogP contribution in [0.3, 0.4) is 0 Å². The van der Waals surface area contributed by atoms with Gasteiger partial charge in [0.15, 0.2) is 18.2 Å². The normalized spacial score (nSPS) is 29.2.